The van der Waals surface area contributed by atoms with Crippen LogP contribution in [0.2, 0.25) is 0 Å². The molecule has 3 aliphatic heterocycles. The lowest BCUT2D eigenvalue weighted by Crippen LogP contribution is -2.39. The number of methoxy groups -OCH3 is 1. The molecule has 5 heterocycles. The highest BCUT2D eigenvalue weighted by Gasteiger charge is 2.39. The second-order valence-corrected chi connectivity index (χ2v) is 17.2. The number of rotatable bonds is 12. The van der Waals surface area contributed by atoms with Gasteiger partial charge in [-0.15, -0.1) is 5.10 Å². The summed E-state index contributed by atoms with van der Waals surface area (Å²) in [5.41, 5.74) is 5.33. The average Bonchev–Trinajstić information content (AvgIpc) is 3.75. The lowest BCUT2D eigenvalue weighted by Gasteiger charge is -2.34. The van der Waals surface area contributed by atoms with Crippen LogP contribution in [0.4, 0.5) is 20.7 Å². The van der Waals surface area contributed by atoms with E-state index in [4.69, 9.17) is 14.5 Å². The van der Waals surface area contributed by atoms with E-state index in [-0.39, 0.29) is 54.0 Å². The molecule has 0 aliphatic carbocycles. The van der Waals surface area contributed by atoms with Crippen LogP contribution in [0.5, 0.6) is 17.5 Å². The van der Waals surface area contributed by atoms with E-state index < -0.39 is 11.6 Å². The van der Waals surface area contributed by atoms with Crippen molar-refractivity contribution in [2.24, 2.45) is 18.0 Å². The Bertz CT molecular complexity index is 2750. The van der Waals surface area contributed by atoms with Crippen LogP contribution in [0.25, 0.3) is 16.8 Å². The SMILES string of the molecule is CN=C/C(=C\C(C)C)N1C(=O)N(c2nccc(-c3ccc(-n4c(OC)nn(C)c4=O)cc3Oc3ccc(C4CCN(c5ccc(C6CCC(=O)NC6=O)cc5F)CC4)cc3)c2C)C[C@@H]1C. The maximum Gasteiger partial charge on any atom is 0.353 e. The Kier molecular flexibility index (Phi) is 12.7. The van der Waals surface area contributed by atoms with Crippen LogP contribution in [-0.2, 0) is 16.6 Å². The zero-order valence-corrected chi connectivity index (χ0v) is 37.7. The number of aryl methyl sites for hydroxylation is 1. The van der Waals surface area contributed by atoms with Gasteiger partial charge in [0.1, 0.15) is 23.1 Å². The molecule has 16 heteroatoms. The second kappa shape index (κ2) is 18.6. The Morgan fingerprint density at radius 2 is 1.69 bits per heavy atom. The Morgan fingerprint density at radius 1 is 0.954 bits per heavy atom. The van der Waals surface area contributed by atoms with Crippen LogP contribution >= 0.6 is 0 Å². The fourth-order valence-electron chi connectivity index (χ4n) is 9.18. The molecule has 1 unspecified atom stereocenters. The van der Waals surface area contributed by atoms with E-state index in [1.165, 1.54) is 22.4 Å². The van der Waals surface area contributed by atoms with Crippen LogP contribution in [-0.4, -0.2) is 88.1 Å². The second-order valence-electron chi connectivity index (χ2n) is 17.2. The molecule has 4 amide bonds. The molecule has 65 heavy (non-hydrogen) atoms. The van der Waals surface area contributed by atoms with Crippen LogP contribution in [0.15, 0.2) is 94.5 Å². The van der Waals surface area contributed by atoms with Crippen LogP contribution in [0.1, 0.15) is 75.0 Å². The first-order chi connectivity index (χ1) is 31.3. The van der Waals surface area contributed by atoms with Gasteiger partial charge >= 0.3 is 17.7 Å². The van der Waals surface area contributed by atoms with Crippen molar-refractivity contribution in [3.8, 4) is 34.3 Å². The molecule has 0 bridgehead atoms. The number of aliphatic imine (C=N–C) groups is 1. The van der Waals surface area contributed by atoms with E-state index in [2.05, 4.69) is 41.4 Å². The third kappa shape index (κ3) is 8.89. The lowest BCUT2D eigenvalue weighted by molar-refractivity contribution is -0.134. The highest BCUT2D eigenvalue weighted by Crippen LogP contribution is 2.41. The van der Waals surface area contributed by atoms with Gasteiger partial charge in [-0.05, 0) is 104 Å². The van der Waals surface area contributed by atoms with Crippen molar-refractivity contribution in [1.82, 2.24) is 29.5 Å². The van der Waals surface area contributed by atoms with Gasteiger partial charge < -0.3 is 14.4 Å². The molecule has 338 valence electrons. The Balaban J connectivity index is 1.04. The number of ether oxygens (including phenoxy) is 2. The number of nitrogens with zero attached hydrogens (tertiary/aromatic N) is 8. The van der Waals surface area contributed by atoms with Gasteiger partial charge in [-0.2, -0.15) is 0 Å². The van der Waals surface area contributed by atoms with Crippen LogP contribution in [0.3, 0.4) is 0 Å². The number of imide groups is 1. The monoisotopic (exact) mass is 883 g/mol. The molecular weight excluding hydrogens is 830 g/mol. The molecule has 3 aromatic carbocycles. The molecule has 1 N–H and O–H groups in total. The Hall–Kier alpha value is -7.10. The van der Waals surface area contributed by atoms with Gasteiger partial charge in [0, 0.05) is 69.8 Å². The highest BCUT2D eigenvalue weighted by molar-refractivity contribution is 6.01. The van der Waals surface area contributed by atoms with Crippen molar-refractivity contribution < 1.29 is 28.2 Å². The van der Waals surface area contributed by atoms with Gasteiger partial charge in [0.15, 0.2) is 0 Å². The normalized spacial score (nSPS) is 18.6. The quantitative estimate of drug-likeness (QED) is 0.0982. The number of carbonyl (C=O) groups is 3. The number of allylic oxidation sites excluding steroid dienone is 2. The van der Waals surface area contributed by atoms with E-state index in [9.17, 15) is 19.2 Å². The van der Waals surface area contributed by atoms with Crippen molar-refractivity contribution in [2.45, 2.75) is 71.3 Å². The van der Waals surface area contributed by atoms with Crippen LogP contribution in [0, 0.1) is 18.7 Å². The molecule has 0 radical (unpaired) electrons. The lowest BCUT2D eigenvalue weighted by atomic mass is 9.88. The van der Waals surface area contributed by atoms with E-state index in [0.717, 1.165) is 40.8 Å². The predicted molar refractivity (Wildman–Crippen MR) is 247 cm³/mol. The first kappa shape index (κ1) is 44.5. The van der Waals surface area contributed by atoms with Crippen LogP contribution < -0.4 is 30.3 Å². The molecule has 2 atom stereocenters. The topological polar surface area (TPSA) is 156 Å². The number of anilines is 2. The summed E-state index contributed by atoms with van der Waals surface area (Å²) < 4.78 is 30.2. The molecule has 0 saturated carbocycles. The minimum Gasteiger partial charge on any atom is -0.467 e. The summed E-state index contributed by atoms with van der Waals surface area (Å²) in [6.07, 6.45) is 7.66. The highest BCUT2D eigenvalue weighted by atomic mass is 19.1. The number of halogens is 1. The molecule has 3 fully saturated rings. The van der Waals surface area contributed by atoms with Crippen molar-refractivity contribution >= 4 is 35.6 Å². The van der Waals surface area contributed by atoms with E-state index in [1.54, 1.807) is 60.6 Å². The Morgan fingerprint density at radius 3 is 2.37 bits per heavy atom. The summed E-state index contributed by atoms with van der Waals surface area (Å²) in [4.78, 5) is 65.9. The zero-order valence-electron chi connectivity index (χ0n) is 37.7. The van der Waals surface area contributed by atoms with Crippen molar-refractivity contribution in [3.63, 3.8) is 0 Å². The first-order valence-electron chi connectivity index (χ1n) is 22.0. The number of carbonyl (C=O) groups excluding carboxylic acids is 3. The fourth-order valence-corrected chi connectivity index (χ4v) is 9.18. The summed E-state index contributed by atoms with van der Waals surface area (Å²) in [5.74, 6) is 0.403. The largest absolute Gasteiger partial charge is 0.467 e. The maximum atomic E-state index is 15.5. The molecule has 5 aromatic rings. The number of hydrogen-bond acceptors (Lipinski definition) is 10. The molecule has 3 aliphatic rings. The molecule has 0 spiro atoms. The predicted octanol–water partition coefficient (Wildman–Crippen LogP) is 7.66. The zero-order chi connectivity index (χ0) is 46.1. The number of hydrogen-bond donors (Lipinski definition) is 1. The number of nitrogens with one attached hydrogen (secondary N) is 1. The number of benzene rings is 3. The van der Waals surface area contributed by atoms with Gasteiger partial charge in [0.25, 0.3) is 0 Å². The minimum atomic E-state index is -0.540. The number of piperidine rings is 2. The summed E-state index contributed by atoms with van der Waals surface area (Å²) in [5, 5.41) is 6.59. The maximum absolute atomic E-state index is 15.5. The van der Waals surface area contributed by atoms with Crippen molar-refractivity contribution in [1.29, 1.82) is 0 Å². The summed E-state index contributed by atoms with van der Waals surface area (Å²) in [7, 11) is 4.70. The van der Waals surface area contributed by atoms with E-state index >= 15 is 4.39 Å². The first-order valence-corrected chi connectivity index (χ1v) is 22.0. The number of urea groups is 1. The van der Waals surface area contributed by atoms with Gasteiger partial charge in [-0.1, -0.05) is 38.1 Å². The Labute approximate surface area is 377 Å². The number of amides is 4. The molecule has 15 nitrogen and oxygen atoms in total. The molecule has 8 rings (SSSR count). The fraction of sp³-hybridized carbons (Fsp3) is 0.367. The van der Waals surface area contributed by atoms with Crippen molar-refractivity contribution in [2.75, 3.05) is 43.6 Å². The van der Waals surface area contributed by atoms with Gasteiger partial charge in [-0.3, -0.25) is 29.7 Å². The van der Waals surface area contributed by atoms with E-state index in [1.807, 2.05) is 49.1 Å². The van der Waals surface area contributed by atoms with Gasteiger partial charge in [0.05, 0.1) is 36.1 Å². The number of aromatic nitrogens is 4. The van der Waals surface area contributed by atoms with Gasteiger partial charge in [-0.25, -0.2) is 28.2 Å². The smallest absolute Gasteiger partial charge is 0.353 e. The number of pyridine rings is 1. The standard InChI is InChI=1S/C49H54FN9O6/c1-29(2)24-36(27-51-5)58-30(3)28-57(49(58)63)45-31(4)38(18-21-52-45)40-14-11-35(59-47(64-7)54-55(6)48(59)62)26-43(40)65-37-12-8-32(9-13-37)33-19-22-56(23-20-33)42-16-10-34(25-41(42)50)39-15-17-44(60)53-46(39)61/h8-14,16,18,21,24-27,29-30,33,39H,15,17,19-20,22-23,28H2,1-7H3,(H,53,60,61)/b36-24+,51-27?/t30-,39?/m0/s1. The molecular formula is C49H54FN9O6. The third-order valence-electron chi connectivity index (χ3n) is 12.4. The molecule has 2 aromatic heterocycles. The van der Waals surface area contributed by atoms with Crippen molar-refractivity contribution in [3.05, 3.63) is 118 Å². The minimum absolute atomic E-state index is 0.117. The molecule has 3 saturated heterocycles. The summed E-state index contributed by atoms with van der Waals surface area (Å²) in [6.45, 7) is 9.81. The third-order valence-corrected chi connectivity index (χ3v) is 12.4. The summed E-state index contributed by atoms with van der Waals surface area (Å²) in [6, 6.07) is 20.1. The van der Waals surface area contributed by atoms with E-state index in [0.29, 0.717) is 60.3 Å². The average molecular weight is 884 g/mol. The summed E-state index contributed by atoms with van der Waals surface area (Å²) >= 11 is 0. The van der Waals surface area contributed by atoms with Gasteiger partial charge in [0.2, 0.25) is 11.8 Å².